The van der Waals surface area contributed by atoms with Crippen molar-refractivity contribution >= 4 is 50.1 Å². The molecule has 1 atom stereocenters. The van der Waals surface area contributed by atoms with Crippen LogP contribution >= 0.6 is 22.9 Å². The molecule has 210 valence electrons. The fraction of sp³-hybridized carbons (Fsp3) is 0.323. The number of carbonyl (C=O) groups is 1. The van der Waals surface area contributed by atoms with Gasteiger partial charge < -0.3 is 14.2 Å². The van der Waals surface area contributed by atoms with Crippen molar-refractivity contribution in [2.75, 3.05) is 13.4 Å². The molecule has 4 nitrogen and oxygen atoms in total. The molecular formula is C31H30ClF2NO3S2. The molecule has 5 rings (SSSR count). The molecule has 0 radical (unpaired) electrons. The number of amides is 1. The topological polar surface area (TPSA) is 52.6 Å². The molecule has 1 amide bonds. The molecule has 1 aromatic heterocycles. The van der Waals surface area contributed by atoms with E-state index in [1.165, 1.54) is 0 Å². The number of benzene rings is 3. The Balaban J connectivity index is 1.58. The van der Waals surface area contributed by atoms with Gasteiger partial charge in [0, 0.05) is 23.7 Å². The lowest BCUT2D eigenvalue weighted by Gasteiger charge is -2.36. The predicted octanol–water partition coefficient (Wildman–Crippen LogP) is 8.47. The minimum atomic E-state index is -1.19. The Morgan fingerprint density at radius 1 is 1.10 bits per heavy atom. The molecule has 3 aromatic carbocycles. The van der Waals surface area contributed by atoms with Crippen molar-refractivity contribution < 1.29 is 22.9 Å². The molecule has 1 saturated carbocycles. The number of fused-ring (bicyclic) bond motifs is 1. The van der Waals surface area contributed by atoms with E-state index < -0.39 is 22.8 Å². The lowest BCUT2D eigenvalue weighted by molar-refractivity contribution is 0.0597. The van der Waals surface area contributed by atoms with Crippen LogP contribution < -0.4 is 4.74 Å². The maximum atomic E-state index is 14.6. The molecule has 0 spiro atoms. The molecule has 0 bridgehead atoms. The Kier molecular flexibility index (Phi) is 8.71. The Morgan fingerprint density at radius 2 is 1.80 bits per heavy atom. The number of nitrogens with zero attached hydrogens (tertiary/aromatic N) is 1. The second-order valence-electron chi connectivity index (χ2n) is 10.3. The van der Waals surface area contributed by atoms with Gasteiger partial charge in [-0.1, -0.05) is 36.7 Å². The molecule has 1 unspecified atom stereocenters. The Bertz CT molecular complexity index is 1550. The average molecular weight is 602 g/mol. The normalized spacial score (nSPS) is 18.1. The highest BCUT2D eigenvalue weighted by molar-refractivity contribution is 7.90. The van der Waals surface area contributed by atoms with Crippen molar-refractivity contribution in [3.8, 4) is 16.9 Å². The van der Waals surface area contributed by atoms with Gasteiger partial charge in [0.15, 0.2) is 4.90 Å². The van der Waals surface area contributed by atoms with E-state index in [1.54, 1.807) is 18.3 Å². The summed E-state index contributed by atoms with van der Waals surface area (Å²) >= 11 is 6.25. The van der Waals surface area contributed by atoms with Gasteiger partial charge in [0.2, 0.25) is 0 Å². The second-order valence-corrected chi connectivity index (χ2v) is 13.0. The van der Waals surface area contributed by atoms with Crippen LogP contribution in [-0.2, 0) is 17.7 Å². The molecule has 1 aliphatic carbocycles. The van der Waals surface area contributed by atoms with Gasteiger partial charge in [-0.15, -0.1) is 11.3 Å². The van der Waals surface area contributed by atoms with E-state index in [2.05, 4.69) is 6.92 Å². The quantitative estimate of drug-likeness (QED) is 0.200. The van der Waals surface area contributed by atoms with E-state index in [1.807, 2.05) is 42.5 Å². The summed E-state index contributed by atoms with van der Waals surface area (Å²) in [5, 5.41) is -0.118. The van der Waals surface area contributed by atoms with Crippen molar-refractivity contribution in [2.45, 2.75) is 50.1 Å². The highest BCUT2D eigenvalue weighted by Crippen LogP contribution is 2.41. The first kappa shape index (κ1) is 28.9. The number of thiophene rings is 1. The lowest BCUT2D eigenvalue weighted by atomic mass is 9.86. The third kappa shape index (κ3) is 5.59. The summed E-state index contributed by atoms with van der Waals surface area (Å²) in [6, 6.07) is 15.3. The van der Waals surface area contributed by atoms with E-state index in [4.69, 9.17) is 16.3 Å². The summed E-state index contributed by atoms with van der Waals surface area (Å²) in [4.78, 5) is 16.8. The van der Waals surface area contributed by atoms with E-state index in [-0.39, 0.29) is 38.5 Å². The smallest absolute Gasteiger partial charge is 0.266 e. The van der Waals surface area contributed by atoms with E-state index in [9.17, 15) is 18.1 Å². The Morgan fingerprint density at radius 3 is 2.48 bits per heavy atom. The molecule has 40 heavy (non-hydrogen) atoms. The highest BCUT2D eigenvalue weighted by atomic mass is 35.5. The number of methoxy groups -OCH3 is 1. The minimum Gasteiger partial charge on any atom is -0.612 e. The largest absolute Gasteiger partial charge is 0.612 e. The van der Waals surface area contributed by atoms with Crippen molar-refractivity contribution in [1.29, 1.82) is 0 Å². The number of halogens is 3. The van der Waals surface area contributed by atoms with E-state index in [0.717, 1.165) is 65.8 Å². The summed E-state index contributed by atoms with van der Waals surface area (Å²) in [5.74, 6) is -0.446. The second kappa shape index (κ2) is 12.1. The van der Waals surface area contributed by atoms with Gasteiger partial charge in [-0.2, -0.15) is 0 Å². The van der Waals surface area contributed by atoms with Crippen molar-refractivity contribution in [2.24, 2.45) is 5.92 Å². The van der Waals surface area contributed by atoms with E-state index in [0.29, 0.717) is 16.6 Å². The van der Waals surface area contributed by atoms with Crippen LogP contribution in [0, 0.1) is 17.6 Å². The molecule has 1 fully saturated rings. The van der Waals surface area contributed by atoms with Crippen molar-refractivity contribution in [3.05, 3.63) is 81.7 Å². The van der Waals surface area contributed by atoms with Gasteiger partial charge in [-0.05, 0) is 84.7 Å². The molecule has 0 aliphatic heterocycles. The number of ether oxygens (including phenoxy) is 1. The Hall–Kier alpha value is -2.65. The fourth-order valence-corrected chi connectivity index (χ4v) is 7.77. The molecule has 1 aliphatic rings. The average Bonchev–Trinajstić information content (AvgIpc) is 3.32. The molecular weight excluding hydrogens is 572 g/mol. The zero-order valence-corrected chi connectivity index (χ0v) is 24.9. The first-order valence-corrected chi connectivity index (χ1v) is 15.9. The summed E-state index contributed by atoms with van der Waals surface area (Å²) in [7, 11) is 1.58. The fourth-order valence-electron chi connectivity index (χ4n) is 5.50. The SMILES string of the molecule is COc1ccc(-c2ccccc2[S+](C)[O-])cc1CN(C(=O)c1sc2c(F)ccc(F)c2c1Cl)[C@H]1CC[C@H](C)CC1. The van der Waals surface area contributed by atoms with Gasteiger partial charge in [-0.25, -0.2) is 8.78 Å². The summed E-state index contributed by atoms with van der Waals surface area (Å²) in [6.45, 7) is 2.43. The van der Waals surface area contributed by atoms with Crippen LogP contribution in [0.2, 0.25) is 5.02 Å². The van der Waals surface area contributed by atoms with Crippen LogP contribution in [0.1, 0.15) is 47.8 Å². The van der Waals surface area contributed by atoms with Crippen LogP contribution in [0.4, 0.5) is 8.78 Å². The van der Waals surface area contributed by atoms with Crippen LogP contribution in [0.25, 0.3) is 21.2 Å². The summed E-state index contributed by atoms with van der Waals surface area (Å²) in [6.07, 6.45) is 5.24. The third-order valence-corrected chi connectivity index (χ3v) is 10.3. The third-order valence-electron chi connectivity index (χ3n) is 7.69. The standard InChI is InChI=1S/C31H30ClF2NO3S2/c1-18-8-11-21(12-9-18)35(31(36)30-28(32)27-23(33)13-14-24(34)29(27)39-30)17-20-16-19(10-15-25(20)38-2)22-6-4-5-7-26(22)40(3)37/h4-7,10,13-16,18,21H,8-9,11-12,17H2,1-3H3/t18-,21-,40?. The molecule has 0 saturated heterocycles. The molecule has 1 heterocycles. The van der Waals surface area contributed by atoms with Crippen molar-refractivity contribution in [1.82, 2.24) is 4.90 Å². The van der Waals surface area contributed by atoms with Crippen molar-refractivity contribution in [3.63, 3.8) is 0 Å². The van der Waals surface area contributed by atoms with E-state index >= 15 is 0 Å². The monoisotopic (exact) mass is 601 g/mol. The predicted molar refractivity (Wildman–Crippen MR) is 159 cm³/mol. The zero-order valence-electron chi connectivity index (χ0n) is 22.5. The number of hydrogen-bond donors (Lipinski definition) is 0. The number of carbonyl (C=O) groups excluding carboxylic acids is 1. The summed E-state index contributed by atoms with van der Waals surface area (Å²) in [5.41, 5.74) is 2.48. The van der Waals surface area contributed by atoms with Crippen LogP contribution in [0.3, 0.4) is 0 Å². The van der Waals surface area contributed by atoms with Gasteiger partial charge in [0.05, 0.1) is 22.2 Å². The molecule has 9 heteroatoms. The number of rotatable bonds is 7. The van der Waals surface area contributed by atoms with Crippen LogP contribution in [0.15, 0.2) is 59.5 Å². The van der Waals surface area contributed by atoms with Gasteiger partial charge in [0.1, 0.15) is 28.5 Å². The van der Waals surface area contributed by atoms with Gasteiger partial charge in [0.25, 0.3) is 5.91 Å². The zero-order chi connectivity index (χ0) is 28.6. The first-order chi connectivity index (χ1) is 19.2. The highest BCUT2D eigenvalue weighted by Gasteiger charge is 2.32. The lowest BCUT2D eigenvalue weighted by Crippen LogP contribution is -2.41. The molecule has 4 aromatic rings. The Labute approximate surface area is 245 Å². The number of hydrogen-bond acceptors (Lipinski definition) is 4. The van der Waals surface area contributed by atoms with Crippen LogP contribution in [-0.4, -0.2) is 34.8 Å². The molecule has 0 N–H and O–H groups in total. The van der Waals surface area contributed by atoms with Gasteiger partial charge >= 0.3 is 0 Å². The maximum Gasteiger partial charge on any atom is 0.266 e. The summed E-state index contributed by atoms with van der Waals surface area (Å²) < 4.78 is 47.4. The van der Waals surface area contributed by atoms with Crippen LogP contribution in [0.5, 0.6) is 5.75 Å². The van der Waals surface area contributed by atoms with Gasteiger partial charge in [-0.3, -0.25) is 4.79 Å². The maximum absolute atomic E-state index is 14.6. The first-order valence-electron chi connectivity index (χ1n) is 13.2. The minimum absolute atomic E-state index is 0.0364.